The maximum absolute atomic E-state index is 2.49. The number of rotatable bonds is 2. The van der Waals surface area contributed by atoms with Crippen molar-refractivity contribution in [1.82, 2.24) is 0 Å². The summed E-state index contributed by atoms with van der Waals surface area (Å²) in [6.45, 7) is 13.9. The summed E-state index contributed by atoms with van der Waals surface area (Å²) in [4.78, 5) is 0. The summed E-state index contributed by atoms with van der Waals surface area (Å²) >= 11 is -1.72. The van der Waals surface area contributed by atoms with Crippen LogP contribution in [0.15, 0.2) is 41.5 Å². The second kappa shape index (κ2) is 8.07. The molecule has 2 aliphatic rings. The van der Waals surface area contributed by atoms with E-state index < -0.39 is 21.3 Å². The molecule has 2 rings (SSSR count). The van der Waals surface area contributed by atoms with Crippen LogP contribution in [0.25, 0.3) is 0 Å². The van der Waals surface area contributed by atoms with Gasteiger partial charge in [0.1, 0.15) is 0 Å². The van der Waals surface area contributed by atoms with Crippen molar-refractivity contribution in [2.24, 2.45) is 5.92 Å². The summed E-state index contributed by atoms with van der Waals surface area (Å²) in [7, 11) is 0. The molecular weight excluding hydrogens is 366 g/mol. The largest absolute Gasteiger partial charge is 1.00 e. The standard InChI is InChI=1S/2C7H9.C3H6.2ClH.Zr/c2*1-6-3-4-7(2)5-6;1-3-2;;;/h5H,3H2,1-2H3;3,5,7H,1-2H3;1-2H3;2*1H;/q;;;;;+2/p-2. The molecule has 20 heavy (non-hydrogen) atoms. The van der Waals surface area contributed by atoms with Gasteiger partial charge in [-0.2, -0.15) is 0 Å². The van der Waals surface area contributed by atoms with Crippen LogP contribution in [-0.4, -0.2) is 3.21 Å². The Labute approximate surface area is 144 Å². The predicted molar refractivity (Wildman–Crippen MR) is 78.4 cm³/mol. The zero-order chi connectivity index (χ0) is 13.4. The van der Waals surface area contributed by atoms with E-state index in [1.165, 1.54) is 12.0 Å². The molecule has 0 saturated heterocycles. The Morgan fingerprint density at radius 1 is 1.10 bits per heavy atom. The molecule has 2 aliphatic carbocycles. The first-order chi connectivity index (χ1) is 8.40. The topological polar surface area (TPSA) is 0 Å². The number of allylic oxidation sites excluding steroid dienone is 8. The minimum absolute atomic E-state index is 0. The summed E-state index contributed by atoms with van der Waals surface area (Å²) in [6, 6.07) is 0. The molecule has 1 atom stereocenters. The molecule has 1 unspecified atom stereocenters. The van der Waals surface area contributed by atoms with Gasteiger partial charge in [0, 0.05) is 0 Å². The first-order valence-electron chi connectivity index (χ1n) is 6.85. The van der Waals surface area contributed by atoms with Crippen molar-refractivity contribution in [3.8, 4) is 0 Å². The van der Waals surface area contributed by atoms with Crippen LogP contribution in [0.2, 0.25) is 0 Å². The fraction of sp³-hybridized carbons (Fsp3) is 0.471. The second-order valence-electron chi connectivity index (χ2n) is 6.00. The number of hydrogen-bond acceptors (Lipinski definition) is 0. The van der Waals surface area contributed by atoms with Crippen LogP contribution < -0.4 is 24.8 Å². The van der Waals surface area contributed by atoms with Crippen LogP contribution in [0.4, 0.5) is 0 Å². The zero-order valence-corrected chi connectivity index (χ0v) is 17.2. The van der Waals surface area contributed by atoms with Crippen molar-refractivity contribution in [2.45, 2.75) is 48.0 Å². The molecular formula is C17H24Cl2Zr. The summed E-state index contributed by atoms with van der Waals surface area (Å²) in [6.07, 6.45) is 8.57. The van der Waals surface area contributed by atoms with E-state index in [4.69, 9.17) is 0 Å². The van der Waals surface area contributed by atoms with E-state index in [0.29, 0.717) is 5.92 Å². The molecule has 0 aromatic carbocycles. The van der Waals surface area contributed by atoms with Crippen molar-refractivity contribution < 1.29 is 46.1 Å². The quantitative estimate of drug-likeness (QED) is 0.563. The predicted octanol–water partition coefficient (Wildman–Crippen LogP) is -1.07. The van der Waals surface area contributed by atoms with Gasteiger partial charge in [-0.05, 0) is 0 Å². The van der Waals surface area contributed by atoms with Gasteiger partial charge in [-0.3, -0.25) is 0 Å². The monoisotopic (exact) mass is 388 g/mol. The molecule has 0 amide bonds. The Balaban J connectivity index is 0.00000180. The Bertz CT molecular complexity index is 541. The van der Waals surface area contributed by atoms with E-state index in [1.54, 1.807) is 17.6 Å². The average Bonchev–Trinajstić information content (AvgIpc) is 2.71. The van der Waals surface area contributed by atoms with E-state index in [2.05, 4.69) is 59.8 Å². The molecule has 0 nitrogen and oxygen atoms in total. The van der Waals surface area contributed by atoms with Gasteiger partial charge in [0.05, 0.1) is 0 Å². The number of hydrogen-bond donors (Lipinski definition) is 0. The minimum atomic E-state index is -1.72. The third kappa shape index (κ3) is 4.15. The smallest absolute Gasteiger partial charge is 1.00 e. The molecule has 0 spiro atoms. The van der Waals surface area contributed by atoms with Crippen molar-refractivity contribution >= 4 is 3.21 Å². The van der Waals surface area contributed by atoms with Gasteiger partial charge in [0.15, 0.2) is 0 Å². The van der Waals surface area contributed by atoms with Crippen LogP contribution in [0.3, 0.4) is 0 Å². The Kier molecular flexibility index (Phi) is 8.18. The van der Waals surface area contributed by atoms with E-state index in [0.717, 1.165) is 0 Å². The molecule has 0 heterocycles. The van der Waals surface area contributed by atoms with Gasteiger partial charge in [-0.1, -0.05) is 0 Å². The second-order valence-corrected chi connectivity index (χ2v) is 13.2. The maximum Gasteiger partial charge on any atom is -1.00 e. The van der Waals surface area contributed by atoms with Crippen molar-refractivity contribution in [3.63, 3.8) is 0 Å². The van der Waals surface area contributed by atoms with E-state index >= 15 is 0 Å². The van der Waals surface area contributed by atoms with E-state index in [1.807, 2.05) is 3.28 Å². The summed E-state index contributed by atoms with van der Waals surface area (Å²) < 4.78 is 5.32. The van der Waals surface area contributed by atoms with E-state index in [9.17, 15) is 0 Å². The molecule has 0 aliphatic heterocycles. The molecule has 0 N–H and O–H groups in total. The molecule has 0 saturated carbocycles. The maximum atomic E-state index is 2.49. The van der Waals surface area contributed by atoms with Crippen molar-refractivity contribution in [2.75, 3.05) is 0 Å². The fourth-order valence-electron chi connectivity index (χ4n) is 3.19. The van der Waals surface area contributed by atoms with Crippen LogP contribution in [0.1, 0.15) is 48.0 Å². The van der Waals surface area contributed by atoms with Gasteiger partial charge in [0.25, 0.3) is 0 Å². The molecule has 0 bridgehead atoms. The molecule has 3 heteroatoms. The Hall–Kier alpha value is 0.293. The molecule has 0 radical (unpaired) electrons. The third-order valence-corrected chi connectivity index (χ3v) is 12.1. The van der Waals surface area contributed by atoms with Gasteiger partial charge in [-0.25, -0.2) is 0 Å². The summed E-state index contributed by atoms with van der Waals surface area (Å²) in [5.74, 6) is 0.676. The van der Waals surface area contributed by atoms with Gasteiger partial charge < -0.3 is 24.8 Å². The first-order valence-corrected chi connectivity index (χ1v) is 10.5. The zero-order valence-electron chi connectivity index (χ0n) is 13.3. The summed E-state index contributed by atoms with van der Waals surface area (Å²) in [5.41, 5.74) is 4.59. The van der Waals surface area contributed by atoms with E-state index in [-0.39, 0.29) is 24.8 Å². The van der Waals surface area contributed by atoms with Crippen LogP contribution in [0, 0.1) is 5.92 Å². The van der Waals surface area contributed by atoms with Crippen molar-refractivity contribution in [1.29, 1.82) is 0 Å². The van der Waals surface area contributed by atoms with Crippen LogP contribution in [-0.2, 0) is 21.3 Å². The number of halogens is 2. The van der Waals surface area contributed by atoms with Gasteiger partial charge in [0.2, 0.25) is 0 Å². The fourth-order valence-corrected chi connectivity index (χ4v) is 11.4. The third-order valence-electron chi connectivity index (χ3n) is 3.87. The summed E-state index contributed by atoms with van der Waals surface area (Å²) in [5, 5.41) is 0. The molecule has 0 aromatic rings. The average molecular weight is 391 g/mol. The Morgan fingerprint density at radius 2 is 1.70 bits per heavy atom. The van der Waals surface area contributed by atoms with Crippen LogP contribution in [0.5, 0.6) is 0 Å². The first kappa shape index (κ1) is 20.3. The molecule has 0 fully saturated rings. The van der Waals surface area contributed by atoms with Gasteiger partial charge in [-0.15, -0.1) is 0 Å². The molecule has 0 aromatic heterocycles. The minimum Gasteiger partial charge on any atom is -1.00 e. The molecule has 110 valence electrons. The SMILES string of the molecule is CC1=CC(C)[C]([Zr+2]([C]2=C(C)C=C(C)C2)=[C](C)C)=C1.[Cl-].[Cl-]. The Morgan fingerprint density at radius 3 is 2.05 bits per heavy atom. The van der Waals surface area contributed by atoms with Crippen LogP contribution >= 0.6 is 0 Å². The van der Waals surface area contributed by atoms with Gasteiger partial charge >= 0.3 is 120 Å². The van der Waals surface area contributed by atoms with Crippen molar-refractivity contribution in [3.05, 3.63) is 41.5 Å². The normalized spacial score (nSPS) is 20.2.